The van der Waals surface area contributed by atoms with Crippen molar-refractivity contribution in [3.8, 4) is 0 Å². The Kier molecular flexibility index (Phi) is 3.54. The van der Waals surface area contributed by atoms with Gasteiger partial charge in [-0.2, -0.15) is 0 Å². The van der Waals surface area contributed by atoms with Crippen LogP contribution in [0.25, 0.3) is 0 Å². The quantitative estimate of drug-likeness (QED) is 0.904. The summed E-state index contributed by atoms with van der Waals surface area (Å²) in [4.78, 5) is 9.70. The molecule has 3 rings (SSSR count). The molecule has 1 saturated carbocycles. The fourth-order valence-corrected chi connectivity index (χ4v) is 3.39. The van der Waals surface area contributed by atoms with E-state index in [1.54, 1.807) is 0 Å². The number of hydrogen-bond acceptors (Lipinski definition) is 4. The van der Waals surface area contributed by atoms with Crippen LogP contribution in [0.5, 0.6) is 0 Å². The molecule has 0 radical (unpaired) electrons. The van der Waals surface area contributed by atoms with E-state index in [-0.39, 0.29) is 5.60 Å². The summed E-state index contributed by atoms with van der Waals surface area (Å²) in [7, 11) is 0. The summed E-state index contributed by atoms with van der Waals surface area (Å²) >= 11 is 0. The highest BCUT2D eigenvalue weighted by atomic mass is 16.5. The zero-order valence-corrected chi connectivity index (χ0v) is 12.0. The van der Waals surface area contributed by atoms with Gasteiger partial charge < -0.3 is 10.1 Å². The topological polar surface area (TPSA) is 47.0 Å². The Morgan fingerprint density at radius 2 is 1.95 bits per heavy atom. The molecule has 0 spiro atoms. The van der Waals surface area contributed by atoms with Crippen LogP contribution in [0.1, 0.15) is 62.3 Å². The van der Waals surface area contributed by atoms with Crippen molar-refractivity contribution in [1.82, 2.24) is 15.3 Å². The number of hydrogen-bond donors (Lipinski definition) is 1. The molecule has 1 aliphatic heterocycles. The summed E-state index contributed by atoms with van der Waals surface area (Å²) in [6.07, 6.45) is 5.55. The highest BCUT2D eigenvalue weighted by Crippen LogP contribution is 2.41. The van der Waals surface area contributed by atoms with Crippen LogP contribution in [0.15, 0.2) is 0 Å². The molecule has 0 unspecified atom stereocenters. The SMILES string of the molecule is CCOC1(c2nc(CC)c3c(n2)CNC3)CCCC1. The van der Waals surface area contributed by atoms with Crippen molar-refractivity contribution in [2.75, 3.05) is 6.61 Å². The Labute approximate surface area is 115 Å². The van der Waals surface area contributed by atoms with Crippen LogP contribution in [0, 0.1) is 0 Å². The van der Waals surface area contributed by atoms with Crippen LogP contribution < -0.4 is 5.32 Å². The lowest BCUT2D eigenvalue weighted by Gasteiger charge is -2.28. The van der Waals surface area contributed by atoms with Gasteiger partial charge in [-0.3, -0.25) is 0 Å². The third-order valence-corrected chi connectivity index (χ3v) is 4.35. The van der Waals surface area contributed by atoms with Gasteiger partial charge in [0.15, 0.2) is 5.82 Å². The molecule has 1 aliphatic carbocycles. The van der Waals surface area contributed by atoms with Gasteiger partial charge in [-0.05, 0) is 39.0 Å². The average molecular weight is 261 g/mol. The first-order chi connectivity index (χ1) is 9.29. The van der Waals surface area contributed by atoms with Crippen molar-refractivity contribution >= 4 is 0 Å². The smallest absolute Gasteiger partial charge is 0.160 e. The molecule has 4 heteroatoms. The molecular formula is C15H23N3O. The monoisotopic (exact) mass is 261 g/mol. The molecule has 1 aromatic rings. The number of rotatable bonds is 4. The molecular weight excluding hydrogens is 238 g/mol. The van der Waals surface area contributed by atoms with E-state index in [1.165, 1.54) is 29.8 Å². The lowest BCUT2D eigenvalue weighted by molar-refractivity contribution is -0.0459. The van der Waals surface area contributed by atoms with Crippen LogP contribution in [0.3, 0.4) is 0 Å². The lowest BCUT2D eigenvalue weighted by Crippen LogP contribution is -2.30. The zero-order chi connectivity index (χ0) is 13.3. The van der Waals surface area contributed by atoms with Gasteiger partial charge in [-0.1, -0.05) is 6.92 Å². The summed E-state index contributed by atoms with van der Waals surface area (Å²) in [6.45, 7) is 6.77. The van der Waals surface area contributed by atoms with E-state index in [4.69, 9.17) is 14.7 Å². The number of aromatic nitrogens is 2. The minimum atomic E-state index is -0.212. The minimum Gasteiger partial charge on any atom is -0.367 e. The Bertz CT molecular complexity index is 467. The molecule has 19 heavy (non-hydrogen) atoms. The van der Waals surface area contributed by atoms with Gasteiger partial charge in [0.25, 0.3) is 0 Å². The maximum absolute atomic E-state index is 6.09. The number of aryl methyl sites for hydroxylation is 1. The molecule has 1 fully saturated rings. The molecule has 2 heterocycles. The Hall–Kier alpha value is -1.00. The Balaban J connectivity index is 2.04. The molecule has 4 nitrogen and oxygen atoms in total. The number of fused-ring (bicyclic) bond motifs is 1. The second kappa shape index (κ2) is 5.17. The predicted molar refractivity (Wildman–Crippen MR) is 73.7 cm³/mol. The first-order valence-electron chi connectivity index (χ1n) is 7.53. The standard InChI is InChI=1S/C15H23N3O/c1-3-12-11-9-16-10-13(11)18-14(17-12)15(19-4-2)7-5-6-8-15/h16H,3-10H2,1-2H3. The molecule has 2 aliphatic rings. The Morgan fingerprint density at radius 1 is 1.16 bits per heavy atom. The van der Waals surface area contributed by atoms with Gasteiger partial charge in [0, 0.05) is 31.0 Å². The van der Waals surface area contributed by atoms with E-state index < -0.39 is 0 Å². The van der Waals surface area contributed by atoms with Gasteiger partial charge in [-0.15, -0.1) is 0 Å². The summed E-state index contributed by atoms with van der Waals surface area (Å²) in [5.74, 6) is 0.936. The predicted octanol–water partition coefficient (Wildman–Crippen LogP) is 2.45. The second-order valence-corrected chi connectivity index (χ2v) is 5.51. The van der Waals surface area contributed by atoms with E-state index in [0.29, 0.717) is 0 Å². The molecule has 0 bridgehead atoms. The zero-order valence-electron chi connectivity index (χ0n) is 12.0. The van der Waals surface area contributed by atoms with Crippen LogP contribution in [-0.2, 0) is 29.8 Å². The summed E-state index contributed by atoms with van der Waals surface area (Å²) in [5.41, 5.74) is 3.50. The third kappa shape index (κ3) is 2.17. The fraction of sp³-hybridized carbons (Fsp3) is 0.733. The highest BCUT2D eigenvalue weighted by molar-refractivity contribution is 5.30. The maximum Gasteiger partial charge on any atom is 0.160 e. The van der Waals surface area contributed by atoms with Gasteiger partial charge in [-0.25, -0.2) is 9.97 Å². The number of ether oxygens (including phenoxy) is 1. The van der Waals surface area contributed by atoms with Crippen molar-refractivity contribution in [3.05, 3.63) is 22.8 Å². The lowest BCUT2D eigenvalue weighted by atomic mass is 9.99. The molecule has 0 aromatic carbocycles. The molecule has 1 N–H and O–H groups in total. The minimum absolute atomic E-state index is 0.212. The van der Waals surface area contributed by atoms with Gasteiger partial charge in [0.05, 0.1) is 5.69 Å². The van der Waals surface area contributed by atoms with E-state index in [1.807, 2.05) is 0 Å². The van der Waals surface area contributed by atoms with Crippen molar-refractivity contribution in [1.29, 1.82) is 0 Å². The first kappa shape index (κ1) is 13.0. The van der Waals surface area contributed by atoms with Crippen LogP contribution in [0.4, 0.5) is 0 Å². The number of nitrogens with one attached hydrogen (secondary N) is 1. The summed E-state index contributed by atoms with van der Waals surface area (Å²) < 4.78 is 6.09. The van der Waals surface area contributed by atoms with Crippen molar-refractivity contribution in [3.63, 3.8) is 0 Å². The van der Waals surface area contributed by atoms with Gasteiger partial charge >= 0.3 is 0 Å². The fourth-order valence-electron chi connectivity index (χ4n) is 3.39. The van der Waals surface area contributed by atoms with E-state index in [2.05, 4.69) is 19.2 Å². The second-order valence-electron chi connectivity index (χ2n) is 5.51. The molecule has 0 saturated heterocycles. The average Bonchev–Trinajstić information content (AvgIpc) is 3.06. The van der Waals surface area contributed by atoms with Crippen molar-refractivity contribution < 1.29 is 4.74 Å². The Morgan fingerprint density at radius 3 is 2.63 bits per heavy atom. The summed E-state index contributed by atoms with van der Waals surface area (Å²) in [5, 5.41) is 3.38. The van der Waals surface area contributed by atoms with Crippen LogP contribution >= 0.6 is 0 Å². The number of nitrogens with zero attached hydrogens (tertiary/aromatic N) is 2. The molecule has 104 valence electrons. The van der Waals surface area contributed by atoms with Crippen molar-refractivity contribution in [2.24, 2.45) is 0 Å². The normalized spacial score (nSPS) is 20.7. The highest BCUT2D eigenvalue weighted by Gasteiger charge is 2.40. The van der Waals surface area contributed by atoms with Crippen molar-refractivity contribution in [2.45, 2.75) is 64.6 Å². The molecule has 0 amide bonds. The largest absolute Gasteiger partial charge is 0.367 e. The molecule has 1 aromatic heterocycles. The summed E-state index contributed by atoms with van der Waals surface area (Å²) in [6, 6.07) is 0. The third-order valence-electron chi connectivity index (χ3n) is 4.35. The van der Waals surface area contributed by atoms with Gasteiger partial charge in [0.2, 0.25) is 0 Å². The van der Waals surface area contributed by atoms with Gasteiger partial charge in [0.1, 0.15) is 5.60 Å². The molecule has 0 atom stereocenters. The first-order valence-corrected chi connectivity index (χ1v) is 7.53. The van der Waals surface area contributed by atoms with E-state index in [0.717, 1.165) is 44.8 Å². The van der Waals surface area contributed by atoms with Crippen LogP contribution in [-0.4, -0.2) is 16.6 Å². The van der Waals surface area contributed by atoms with E-state index >= 15 is 0 Å². The maximum atomic E-state index is 6.09. The van der Waals surface area contributed by atoms with E-state index in [9.17, 15) is 0 Å². The van der Waals surface area contributed by atoms with Crippen LogP contribution in [0.2, 0.25) is 0 Å².